The van der Waals surface area contributed by atoms with E-state index in [4.69, 9.17) is 42.1 Å². The molecule has 1 aliphatic heterocycles. The summed E-state index contributed by atoms with van der Waals surface area (Å²) >= 11 is 15.8. The molecule has 3 aromatic carbocycles. The molecule has 4 rings (SSSR count). The van der Waals surface area contributed by atoms with Gasteiger partial charge in [-0.2, -0.15) is 0 Å². The number of benzene rings is 3. The van der Waals surface area contributed by atoms with Crippen LogP contribution in [0.2, 0.25) is 10.0 Å². The number of hydrogen-bond donors (Lipinski definition) is 0. The lowest BCUT2D eigenvalue weighted by molar-refractivity contribution is -0.130. The molecule has 35 heavy (non-hydrogen) atoms. The van der Waals surface area contributed by atoms with E-state index in [1.54, 1.807) is 31.4 Å². The highest BCUT2D eigenvalue weighted by Crippen LogP contribution is 2.39. The Bertz CT molecular complexity index is 1320. The molecule has 0 unspecified atom stereocenters. The number of carbonyl (C=O) groups excluding carboxylic acids is 1. The van der Waals surface area contributed by atoms with Crippen LogP contribution < -0.4 is 14.2 Å². The first-order valence-corrected chi connectivity index (χ1v) is 12.3. The van der Waals surface area contributed by atoms with Crippen LogP contribution in [0.25, 0.3) is 11.8 Å². The van der Waals surface area contributed by atoms with Crippen LogP contribution in [0.15, 0.2) is 70.7 Å². The molecule has 8 heteroatoms. The molecule has 1 aliphatic rings. The van der Waals surface area contributed by atoms with Crippen molar-refractivity contribution in [2.75, 3.05) is 13.7 Å². The largest absolute Gasteiger partial charge is 0.497 e. The van der Waals surface area contributed by atoms with E-state index in [2.05, 4.69) is 15.9 Å². The van der Waals surface area contributed by atoms with Gasteiger partial charge in [0.05, 0.1) is 23.8 Å². The van der Waals surface area contributed by atoms with E-state index in [1.807, 2.05) is 49.4 Å². The fourth-order valence-corrected chi connectivity index (χ4v) is 4.47. The highest BCUT2D eigenvalue weighted by Gasteiger charge is 2.23. The summed E-state index contributed by atoms with van der Waals surface area (Å²) in [4.78, 5) is 12.5. The van der Waals surface area contributed by atoms with Gasteiger partial charge in [-0.3, -0.25) is 0 Å². The smallest absolute Gasteiger partial charge is 0.343 e. The van der Waals surface area contributed by atoms with Gasteiger partial charge in [-0.05, 0) is 89.1 Å². The van der Waals surface area contributed by atoms with E-state index in [-0.39, 0.29) is 6.61 Å². The Balaban J connectivity index is 1.60. The van der Waals surface area contributed by atoms with Gasteiger partial charge in [0.1, 0.15) is 18.1 Å². The Morgan fingerprint density at radius 3 is 2.49 bits per heavy atom. The number of rotatable bonds is 8. The molecule has 0 aliphatic carbocycles. The van der Waals surface area contributed by atoms with Crippen molar-refractivity contribution in [1.82, 2.24) is 0 Å². The molecule has 0 radical (unpaired) electrons. The van der Waals surface area contributed by atoms with Gasteiger partial charge in [0.25, 0.3) is 0 Å². The lowest BCUT2D eigenvalue weighted by Gasteiger charge is -2.15. The Morgan fingerprint density at radius 1 is 1.03 bits per heavy atom. The summed E-state index contributed by atoms with van der Waals surface area (Å²) in [5, 5.41) is 1.08. The van der Waals surface area contributed by atoms with Crippen molar-refractivity contribution in [3.8, 4) is 17.2 Å². The normalized spacial score (nSPS) is 14.0. The van der Waals surface area contributed by atoms with Crippen LogP contribution in [-0.2, 0) is 16.1 Å². The zero-order valence-corrected chi connectivity index (χ0v) is 22.0. The Hall–Kier alpha value is -2.93. The zero-order valence-electron chi connectivity index (χ0n) is 18.9. The van der Waals surface area contributed by atoms with E-state index in [0.717, 1.165) is 22.4 Å². The lowest BCUT2D eigenvalue weighted by atomic mass is 10.1. The zero-order chi connectivity index (χ0) is 24.9. The molecule has 1 heterocycles. The summed E-state index contributed by atoms with van der Waals surface area (Å²) in [7, 11) is 1.60. The van der Waals surface area contributed by atoms with Crippen molar-refractivity contribution in [1.29, 1.82) is 0 Å². The third-order valence-corrected chi connectivity index (χ3v) is 6.32. The van der Waals surface area contributed by atoms with Gasteiger partial charge in [0.2, 0.25) is 0 Å². The third-order valence-electron chi connectivity index (χ3n) is 5.14. The summed E-state index contributed by atoms with van der Waals surface area (Å²) in [5.74, 6) is 1.84. The molecule has 0 fully saturated rings. The molecule has 0 saturated heterocycles. The first kappa shape index (κ1) is 25.2. The Labute approximate surface area is 222 Å². The highest BCUT2D eigenvalue weighted by atomic mass is 79.9. The molecule has 0 amide bonds. The molecular weight excluding hydrogens is 555 g/mol. The van der Waals surface area contributed by atoms with Crippen molar-refractivity contribution < 1.29 is 23.7 Å². The van der Waals surface area contributed by atoms with Crippen LogP contribution in [0, 0.1) is 0 Å². The topological polar surface area (TPSA) is 54.0 Å². The number of halogens is 3. The van der Waals surface area contributed by atoms with Crippen molar-refractivity contribution in [3.63, 3.8) is 0 Å². The van der Waals surface area contributed by atoms with Crippen molar-refractivity contribution in [2.45, 2.75) is 13.5 Å². The SMILES string of the molecule is CCOc1cc(/C=C2/C=C(c3ccc(OC)cc3)OC2=O)cc(Br)c1OCc1ccc(Cl)cc1Cl. The van der Waals surface area contributed by atoms with Crippen LogP contribution in [0.4, 0.5) is 0 Å². The van der Waals surface area contributed by atoms with E-state index in [1.165, 1.54) is 0 Å². The molecule has 0 N–H and O–H groups in total. The molecule has 5 nitrogen and oxygen atoms in total. The maximum Gasteiger partial charge on any atom is 0.343 e. The van der Waals surface area contributed by atoms with Crippen LogP contribution >= 0.6 is 39.1 Å². The maximum absolute atomic E-state index is 12.5. The van der Waals surface area contributed by atoms with Gasteiger partial charge in [-0.1, -0.05) is 29.3 Å². The highest BCUT2D eigenvalue weighted by molar-refractivity contribution is 9.10. The van der Waals surface area contributed by atoms with E-state index < -0.39 is 5.97 Å². The molecule has 0 bridgehead atoms. The van der Waals surface area contributed by atoms with E-state index in [9.17, 15) is 4.79 Å². The van der Waals surface area contributed by atoms with Crippen LogP contribution in [0.5, 0.6) is 17.2 Å². The van der Waals surface area contributed by atoms with Crippen LogP contribution in [-0.4, -0.2) is 19.7 Å². The van der Waals surface area contributed by atoms with Crippen LogP contribution in [0.3, 0.4) is 0 Å². The quantitative estimate of drug-likeness (QED) is 0.203. The number of cyclic esters (lactones) is 1. The minimum Gasteiger partial charge on any atom is -0.497 e. The number of hydrogen-bond acceptors (Lipinski definition) is 5. The standard InChI is InChI=1S/C27H21BrCl2O5/c1-3-33-25-12-16(11-22(28)26(25)34-15-18-4-7-20(29)14-23(18)30)10-19-13-24(35-27(19)31)17-5-8-21(32-2)9-6-17/h4-14H,3,15H2,1-2H3/b19-10-. The molecule has 3 aromatic rings. The van der Waals surface area contributed by atoms with Gasteiger partial charge < -0.3 is 18.9 Å². The first-order chi connectivity index (χ1) is 16.9. The average molecular weight is 576 g/mol. The van der Waals surface area contributed by atoms with Gasteiger partial charge >= 0.3 is 5.97 Å². The summed E-state index contributed by atoms with van der Waals surface area (Å²) < 4.78 is 23.2. The van der Waals surface area contributed by atoms with Crippen molar-refractivity contribution in [2.24, 2.45) is 0 Å². The molecule has 0 spiro atoms. The molecule has 0 saturated carbocycles. The molecule has 0 aromatic heterocycles. The Kier molecular flexibility index (Phi) is 8.06. The maximum atomic E-state index is 12.5. The number of carbonyl (C=O) groups is 1. The summed E-state index contributed by atoms with van der Waals surface area (Å²) in [6.07, 6.45) is 3.46. The molecule has 0 atom stereocenters. The second-order valence-corrected chi connectivity index (χ2v) is 9.21. The number of ether oxygens (including phenoxy) is 4. The predicted octanol–water partition coefficient (Wildman–Crippen LogP) is 7.72. The second-order valence-electron chi connectivity index (χ2n) is 7.51. The second kappa shape index (κ2) is 11.2. The summed E-state index contributed by atoms with van der Waals surface area (Å²) in [6, 6.07) is 16.2. The average Bonchev–Trinajstić information content (AvgIpc) is 3.20. The third kappa shape index (κ3) is 6.01. The van der Waals surface area contributed by atoms with Gasteiger partial charge in [0, 0.05) is 21.2 Å². The van der Waals surface area contributed by atoms with Crippen LogP contribution in [0.1, 0.15) is 23.6 Å². The summed E-state index contributed by atoms with van der Waals surface area (Å²) in [6.45, 7) is 2.56. The lowest BCUT2D eigenvalue weighted by Crippen LogP contribution is -2.02. The van der Waals surface area contributed by atoms with Gasteiger partial charge in [0.15, 0.2) is 11.5 Å². The number of methoxy groups -OCH3 is 1. The monoisotopic (exact) mass is 574 g/mol. The fourth-order valence-electron chi connectivity index (χ4n) is 3.43. The minimum absolute atomic E-state index is 0.232. The molecular formula is C27H21BrCl2O5. The predicted molar refractivity (Wildman–Crippen MR) is 141 cm³/mol. The van der Waals surface area contributed by atoms with Gasteiger partial charge in [-0.25, -0.2) is 4.79 Å². The minimum atomic E-state index is -0.428. The number of esters is 1. The van der Waals surface area contributed by atoms with Crippen molar-refractivity contribution in [3.05, 3.63) is 97.5 Å². The van der Waals surface area contributed by atoms with Crippen molar-refractivity contribution >= 4 is 56.9 Å². The fraction of sp³-hybridized carbons (Fsp3) is 0.148. The van der Waals surface area contributed by atoms with E-state index >= 15 is 0 Å². The van der Waals surface area contributed by atoms with E-state index in [0.29, 0.717) is 44.0 Å². The Morgan fingerprint density at radius 2 is 1.80 bits per heavy atom. The summed E-state index contributed by atoms with van der Waals surface area (Å²) in [5.41, 5.74) is 2.74. The molecule has 180 valence electrons. The van der Waals surface area contributed by atoms with Gasteiger partial charge in [-0.15, -0.1) is 0 Å². The first-order valence-electron chi connectivity index (χ1n) is 10.7.